The molecule has 1 saturated heterocycles. The summed E-state index contributed by atoms with van der Waals surface area (Å²) in [6, 6.07) is -0.718. The smallest absolute Gasteiger partial charge is 0.220 e. The number of amides is 1. The van der Waals surface area contributed by atoms with E-state index in [-0.39, 0.29) is 12.5 Å². The van der Waals surface area contributed by atoms with E-state index in [2.05, 4.69) is 43.5 Å². The van der Waals surface area contributed by atoms with E-state index in [0.29, 0.717) is 12.8 Å². The van der Waals surface area contributed by atoms with Gasteiger partial charge in [0.05, 0.1) is 25.4 Å². The zero-order valence-corrected chi connectivity index (χ0v) is 36.1. The van der Waals surface area contributed by atoms with Crippen molar-refractivity contribution < 1.29 is 39.8 Å². The van der Waals surface area contributed by atoms with Crippen LogP contribution in [0.2, 0.25) is 0 Å². The summed E-state index contributed by atoms with van der Waals surface area (Å²) in [7, 11) is 0. The van der Waals surface area contributed by atoms with Crippen molar-refractivity contribution in [2.24, 2.45) is 0 Å². The van der Waals surface area contributed by atoms with Gasteiger partial charge >= 0.3 is 0 Å². The number of unbranched alkanes of at least 4 members (excludes halogenated alkanes) is 26. The maximum atomic E-state index is 13.0. The Bertz CT molecular complexity index is 930. The molecule has 56 heavy (non-hydrogen) atoms. The maximum absolute atomic E-state index is 13.0. The SMILES string of the molecule is CCCCC/C=C\C=C/CCCCCCCCCCCCC(=O)NC(COC1OC(CO)C(O)C(O)C1O)C(O)CCCCCCCCCCCCCCCC. The molecule has 1 aliphatic heterocycles. The van der Waals surface area contributed by atoms with E-state index in [4.69, 9.17) is 9.47 Å². The number of carbonyl (C=O) groups excluding carboxylic acids is 1. The molecule has 0 bridgehead atoms. The van der Waals surface area contributed by atoms with Crippen molar-refractivity contribution in [2.75, 3.05) is 13.2 Å². The third kappa shape index (κ3) is 28.2. The normalized spacial score (nSPS) is 21.3. The second-order valence-electron chi connectivity index (χ2n) is 16.6. The Labute approximate surface area is 343 Å². The van der Waals surface area contributed by atoms with Gasteiger partial charge in [0.1, 0.15) is 24.4 Å². The van der Waals surface area contributed by atoms with E-state index < -0.39 is 49.5 Å². The number of hydrogen-bond donors (Lipinski definition) is 6. The number of rotatable bonds is 39. The lowest BCUT2D eigenvalue weighted by molar-refractivity contribution is -0.302. The van der Waals surface area contributed by atoms with Gasteiger partial charge in [0.25, 0.3) is 0 Å². The Morgan fingerprint density at radius 3 is 1.54 bits per heavy atom. The van der Waals surface area contributed by atoms with Gasteiger partial charge in [0.15, 0.2) is 6.29 Å². The fourth-order valence-corrected chi connectivity index (χ4v) is 7.50. The second kappa shape index (κ2) is 37.9. The fourth-order valence-electron chi connectivity index (χ4n) is 7.50. The first kappa shape index (κ1) is 52.7. The predicted octanol–water partition coefficient (Wildman–Crippen LogP) is 9.89. The summed E-state index contributed by atoms with van der Waals surface area (Å²) >= 11 is 0. The number of aliphatic hydroxyl groups is 5. The molecule has 1 fully saturated rings. The summed E-state index contributed by atoms with van der Waals surface area (Å²) in [4.78, 5) is 13.0. The van der Waals surface area contributed by atoms with Crippen LogP contribution < -0.4 is 5.32 Å². The van der Waals surface area contributed by atoms with Gasteiger partial charge in [-0.1, -0.05) is 192 Å². The summed E-state index contributed by atoms with van der Waals surface area (Å²) in [6.07, 6.45) is 37.5. The lowest BCUT2D eigenvalue weighted by Crippen LogP contribution is -2.60. The van der Waals surface area contributed by atoms with Crippen LogP contribution in [0.1, 0.15) is 213 Å². The van der Waals surface area contributed by atoms with E-state index >= 15 is 0 Å². The van der Waals surface area contributed by atoms with Gasteiger partial charge in [-0.15, -0.1) is 0 Å². The van der Waals surface area contributed by atoms with Gasteiger partial charge in [0.2, 0.25) is 5.91 Å². The Kier molecular flexibility index (Phi) is 35.7. The van der Waals surface area contributed by atoms with Crippen LogP contribution in [0.25, 0.3) is 0 Å². The van der Waals surface area contributed by atoms with Gasteiger partial charge in [0, 0.05) is 6.42 Å². The van der Waals surface area contributed by atoms with E-state index in [0.717, 1.165) is 44.9 Å². The van der Waals surface area contributed by atoms with Crippen LogP contribution >= 0.6 is 0 Å². The number of nitrogens with one attached hydrogen (secondary N) is 1. The molecule has 7 unspecified atom stereocenters. The molecule has 0 spiro atoms. The first-order valence-corrected chi connectivity index (χ1v) is 23.6. The highest BCUT2D eigenvalue weighted by Gasteiger charge is 2.44. The average Bonchev–Trinajstić information content (AvgIpc) is 3.20. The van der Waals surface area contributed by atoms with Gasteiger partial charge < -0.3 is 40.3 Å². The summed E-state index contributed by atoms with van der Waals surface area (Å²) in [5.74, 6) is -0.148. The summed E-state index contributed by atoms with van der Waals surface area (Å²) in [6.45, 7) is 3.81. The molecular formula is C47H89NO8. The van der Waals surface area contributed by atoms with Crippen molar-refractivity contribution in [1.29, 1.82) is 0 Å². The molecule has 0 aromatic rings. The van der Waals surface area contributed by atoms with Crippen LogP contribution in [0.5, 0.6) is 0 Å². The lowest BCUT2D eigenvalue weighted by Gasteiger charge is -2.40. The molecule has 330 valence electrons. The van der Waals surface area contributed by atoms with Crippen molar-refractivity contribution in [2.45, 2.75) is 256 Å². The minimum atomic E-state index is -1.55. The largest absolute Gasteiger partial charge is 0.394 e. The van der Waals surface area contributed by atoms with Gasteiger partial charge in [-0.3, -0.25) is 4.79 Å². The third-order valence-electron chi connectivity index (χ3n) is 11.3. The van der Waals surface area contributed by atoms with Crippen molar-refractivity contribution in [1.82, 2.24) is 5.32 Å². The van der Waals surface area contributed by atoms with Crippen LogP contribution in [0.15, 0.2) is 24.3 Å². The van der Waals surface area contributed by atoms with E-state index in [1.54, 1.807) is 0 Å². The molecule has 0 radical (unpaired) electrons. The molecule has 1 heterocycles. The van der Waals surface area contributed by atoms with Gasteiger partial charge in [-0.05, 0) is 38.5 Å². The van der Waals surface area contributed by atoms with Gasteiger partial charge in [-0.25, -0.2) is 0 Å². The molecule has 0 aliphatic carbocycles. The van der Waals surface area contributed by atoms with E-state index in [1.165, 1.54) is 141 Å². The molecule has 0 aromatic carbocycles. The first-order valence-electron chi connectivity index (χ1n) is 23.6. The molecule has 0 aromatic heterocycles. The van der Waals surface area contributed by atoms with Crippen molar-refractivity contribution in [3.63, 3.8) is 0 Å². The van der Waals surface area contributed by atoms with Gasteiger partial charge in [-0.2, -0.15) is 0 Å². The van der Waals surface area contributed by atoms with E-state index in [9.17, 15) is 30.3 Å². The molecule has 7 atom stereocenters. The van der Waals surface area contributed by atoms with Crippen molar-refractivity contribution in [3.05, 3.63) is 24.3 Å². The molecule has 9 heteroatoms. The van der Waals surface area contributed by atoms with Crippen LogP contribution in [-0.4, -0.2) is 87.5 Å². The summed E-state index contributed by atoms with van der Waals surface area (Å²) < 4.78 is 11.3. The maximum Gasteiger partial charge on any atom is 0.220 e. The first-order chi connectivity index (χ1) is 27.3. The third-order valence-corrected chi connectivity index (χ3v) is 11.3. The fraction of sp³-hybridized carbons (Fsp3) is 0.894. The Morgan fingerprint density at radius 2 is 1.04 bits per heavy atom. The quantitative estimate of drug-likeness (QED) is 0.0266. The number of ether oxygens (including phenoxy) is 2. The number of carbonyl (C=O) groups is 1. The van der Waals surface area contributed by atoms with Crippen molar-refractivity contribution in [3.8, 4) is 0 Å². The number of allylic oxidation sites excluding steroid dienone is 4. The predicted molar refractivity (Wildman–Crippen MR) is 230 cm³/mol. The molecule has 0 saturated carbocycles. The topological polar surface area (TPSA) is 149 Å². The van der Waals surface area contributed by atoms with Crippen LogP contribution in [-0.2, 0) is 14.3 Å². The Morgan fingerprint density at radius 1 is 0.607 bits per heavy atom. The highest BCUT2D eigenvalue weighted by Crippen LogP contribution is 2.23. The zero-order chi connectivity index (χ0) is 40.9. The minimum absolute atomic E-state index is 0.137. The summed E-state index contributed by atoms with van der Waals surface area (Å²) in [5.41, 5.74) is 0. The average molecular weight is 796 g/mol. The zero-order valence-electron chi connectivity index (χ0n) is 36.1. The molecule has 1 aliphatic rings. The van der Waals surface area contributed by atoms with Crippen LogP contribution in [0.3, 0.4) is 0 Å². The monoisotopic (exact) mass is 796 g/mol. The standard InChI is InChI=1S/C47H89NO8/c1-3-5-7-9-11-13-15-17-19-20-21-22-23-25-27-29-31-33-35-37-43(51)48-40(39-55-47-46(54)45(53)44(52)42(38-49)56-47)41(50)36-34-32-30-28-26-24-18-16-14-12-10-8-6-4-2/h11,13,15,17,40-42,44-47,49-50,52-54H,3-10,12,14,16,18-39H2,1-2H3,(H,48,51)/b13-11-,17-15-. The lowest BCUT2D eigenvalue weighted by atomic mass is 9.99. The molecule has 1 rings (SSSR count). The van der Waals surface area contributed by atoms with Crippen LogP contribution in [0.4, 0.5) is 0 Å². The Hall–Kier alpha value is -1.33. The van der Waals surface area contributed by atoms with E-state index in [1.807, 2.05) is 0 Å². The highest BCUT2D eigenvalue weighted by atomic mass is 16.7. The molecule has 1 amide bonds. The minimum Gasteiger partial charge on any atom is -0.394 e. The second-order valence-corrected chi connectivity index (χ2v) is 16.6. The number of aliphatic hydroxyl groups excluding tert-OH is 5. The molecule has 9 nitrogen and oxygen atoms in total. The number of hydrogen-bond acceptors (Lipinski definition) is 8. The Balaban J connectivity index is 2.31. The molecule has 6 N–H and O–H groups in total. The summed E-state index contributed by atoms with van der Waals surface area (Å²) in [5, 5.41) is 54.4. The van der Waals surface area contributed by atoms with Crippen molar-refractivity contribution >= 4 is 5.91 Å². The molecular weight excluding hydrogens is 707 g/mol. The van der Waals surface area contributed by atoms with Crippen LogP contribution in [0, 0.1) is 0 Å². The highest BCUT2D eigenvalue weighted by molar-refractivity contribution is 5.76.